The topological polar surface area (TPSA) is 129 Å². The fraction of sp³-hybridized carbons (Fsp3) is 0.0606. The van der Waals surface area contributed by atoms with Gasteiger partial charge in [0, 0.05) is 29.9 Å². The average molecular weight is 612 g/mol. The van der Waals surface area contributed by atoms with Gasteiger partial charge in [-0.2, -0.15) is 0 Å². The molecule has 4 aromatic carbocycles. The van der Waals surface area contributed by atoms with Crippen LogP contribution in [0, 0.1) is 10.1 Å². The molecule has 3 aromatic heterocycles. The molecule has 0 fully saturated rings. The number of nitro benzene ring substituents is 1. The third-order valence-electron chi connectivity index (χ3n) is 7.19. The molecular weight excluding hydrogens is 586 g/mol. The standard InChI is InChI=1S/C33H25N9O2S/c43-42(44)28-22-24(32(35-30-17-9-10-20-34-30)41-27-16-8-7-15-26(27)36-39-41)18-19-29(28)45-33-38-37-31(21-23-11-3-1-4-12-23)40(33)25-13-5-2-6-14-25/h1-20,22,32H,21H2,(H,34,35)/t32-/m0/s1. The zero-order chi connectivity index (χ0) is 30.6. The second kappa shape index (κ2) is 12.4. The zero-order valence-electron chi connectivity index (χ0n) is 23.7. The molecular formula is C33H25N9O2S. The molecule has 0 saturated heterocycles. The first-order chi connectivity index (χ1) is 22.1. The Labute approximate surface area is 261 Å². The van der Waals surface area contributed by atoms with Crippen LogP contribution in [0.15, 0.2) is 138 Å². The number of anilines is 1. The number of hydrogen-bond acceptors (Lipinski definition) is 9. The highest BCUT2D eigenvalue weighted by atomic mass is 32.2. The Morgan fingerprint density at radius 3 is 2.36 bits per heavy atom. The SMILES string of the molecule is O=[N+]([O-])c1cc([C@@H](Nc2ccccn2)n2nnc3ccccc32)ccc1Sc1nnc(Cc2ccccc2)n1-c1ccccc1. The van der Waals surface area contributed by atoms with Crippen molar-refractivity contribution in [2.24, 2.45) is 0 Å². The van der Waals surface area contributed by atoms with E-state index in [9.17, 15) is 10.1 Å². The molecule has 45 heavy (non-hydrogen) atoms. The highest BCUT2D eigenvalue weighted by Gasteiger charge is 2.25. The van der Waals surface area contributed by atoms with Crippen molar-refractivity contribution in [1.29, 1.82) is 0 Å². The van der Waals surface area contributed by atoms with Gasteiger partial charge in [0.1, 0.15) is 23.3 Å². The lowest BCUT2D eigenvalue weighted by Crippen LogP contribution is -2.21. The largest absolute Gasteiger partial charge is 0.345 e. The van der Waals surface area contributed by atoms with E-state index in [4.69, 9.17) is 0 Å². The number of para-hydroxylation sites is 2. The molecule has 12 heteroatoms. The number of nitro groups is 1. The predicted molar refractivity (Wildman–Crippen MR) is 171 cm³/mol. The minimum Gasteiger partial charge on any atom is -0.345 e. The van der Waals surface area contributed by atoms with Gasteiger partial charge >= 0.3 is 0 Å². The molecule has 220 valence electrons. The molecule has 7 rings (SSSR count). The third-order valence-corrected chi connectivity index (χ3v) is 8.20. The van der Waals surface area contributed by atoms with Crippen LogP contribution in [0.3, 0.4) is 0 Å². The van der Waals surface area contributed by atoms with E-state index in [1.807, 2.05) is 114 Å². The quantitative estimate of drug-likeness (QED) is 0.132. The highest BCUT2D eigenvalue weighted by molar-refractivity contribution is 7.99. The molecule has 7 aromatic rings. The van der Waals surface area contributed by atoms with Crippen molar-refractivity contribution in [2.45, 2.75) is 22.6 Å². The first-order valence-electron chi connectivity index (χ1n) is 14.1. The van der Waals surface area contributed by atoms with E-state index in [2.05, 4.69) is 30.8 Å². The number of pyridine rings is 1. The van der Waals surface area contributed by atoms with Gasteiger partial charge in [-0.05, 0) is 59.8 Å². The van der Waals surface area contributed by atoms with Gasteiger partial charge in [-0.3, -0.25) is 14.7 Å². The summed E-state index contributed by atoms with van der Waals surface area (Å²) >= 11 is 1.20. The zero-order valence-corrected chi connectivity index (χ0v) is 24.5. The Kier molecular flexibility index (Phi) is 7.69. The number of benzene rings is 4. The van der Waals surface area contributed by atoms with Crippen molar-refractivity contribution in [1.82, 2.24) is 34.7 Å². The van der Waals surface area contributed by atoms with Gasteiger partial charge in [0.15, 0.2) is 0 Å². The molecule has 0 bridgehead atoms. The smallest absolute Gasteiger partial charge is 0.283 e. The van der Waals surface area contributed by atoms with Crippen LogP contribution in [0.2, 0.25) is 0 Å². The van der Waals surface area contributed by atoms with Crippen LogP contribution in [0.25, 0.3) is 16.7 Å². The number of hydrogen-bond donors (Lipinski definition) is 1. The molecule has 0 aliphatic heterocycles. The van der Waals surface area contributed by atoms with Gasteiger partial charge in [-0.1, -0.05) is 78.0 Å². The van der Waals surface area contributed by atoms with E-state index in [-0.39, 0.29) is 10.6 Å². The molecule has 11 nitrogen and oxygen atoms in total. The number of fused-ring (bicyclic) bond motifs is 1. The Bertz CT molecular complexity index is 2080. The lowest BCUT2D eigenvalue weighted by molar-refractivity contribution is -0.387. The summed E-state index contributed by atoms with van der Waals surface area (Å²) in [6, 6.07) is 38.0. The number of nitrogens with one attached hydrogen (secondary N) is 1. The molecule has 1 atom stereocenters. The van der Waals surface area contributed by atoms with Crippen LogP contribution in [0.5, 0.6) is 0 Å². The van der Waals surface area contributed by atoms with Crippen molar-refractivity contribution in [3.05, 3.63) is 155 Å². The van der Waals surface area contributed by atoms with Crippen LogP contribution in [0.1, 0.15) is 23.1 Å². The number of rotatable bonds is 10. The summed E-state index contributed by atoms with van der Waals surface area (Å²) < 4.78 is 3.65. The second-order valence-electron chi connectivity index (χ2n) is 10.1. The molecule has 0 radical (unpaired) electrons. The normalized spacial score (nSPS) is 11.8. The van der Waals surface area contributed by atoms with Gasteiger partial charge < -0.3 is 5.32 Å². The van der Waals surface area contributed by atoms with Crippen LogP contribution in [-0.4, -0.2) is 39.7 Å². The lowest BCUT2D eigenvalue weighted by atomic mass is 10.1. The molecule has 0 spiro atoms. The predicted octanol–water partition coefficient (Wildman–Crippen LogP) is 6.72. The summed E-state index contributed by atoms with van der Waals surface area (Å²) in [5, 5.41) is 34.1. The summed E-state index contributed by atoms with van der Waals surface area (Å²) in [4.78, 5) is 17.0. The Morgan fingerprint density at radius 1 is 0.822 bits per heavy atom. The summed E-state index contributed by atoms with van der Waals surface area (Å²) in [5.41, 5.74) is 3.98. The molecule has 0 saturated carbocycles. The van der Waals surface area contributed by atoms with Crippen LogP contribution >= 0.6 is 11.8 Å². The Hall–Kier alpha value is -5.88. The minimum atomic E-state index is -0.629. The van der Waals surface area contributed by atoms with Crippen molar-refractivity contribution in [2.75, 3.05) is 5.32 Å². The molecule has 0 amide bonds. The van der Waals surface area contributed by atoms with E-state index in [0.717, 1.165) is 22.6 Å². The Balaban J connectivity index is 1.29. The van der Waals surface area contributed by atoms with Crippen molar-refractivity contribution in [3.63, 3.8) is 0 Å². The maximum Gasteiger partial charge on any atom is 0.283 e. The van der Waals surface area contributed by atoms with E-state index < -0.39 is 6.17 Å². The molecule has 0 aliphatic carbocycles. The molecule has 0 unspecified atom stereocenters. The van der Waals surface area contributed by atoms with Gasteiger partial charge in [0.25, 0.3) is 5.69 Å². The van der Waals surface area contributed by atoms with E-state index in [0.29, 0.717) is 33.4 Å². The van der Waals surface area contributed by atoms with E-state index >= 15 is 0 Å². The molecule has 1 N–H and O–H groups in total. The van der Waals surface area contributed by atoms with Gasteiger partial charge in [-0.25, -0.2) is 9.67 Å². The molecule has 0 aliphatic rings. The minimum absolute atomic E-state index is 0.0676. The molecule has 3 heterocycles. The maximum absolute atomic E-state index is 12.5. The van der Waals surface area contributed by atoms with Crippen LogP contribution < -0.4 is 5.32 Å². The fourth-order valence-electron chi connectivity index (χ4n) is 5.08. The van der Waals surface area contributed by atoms with Gasteiger partial charge in [0.05, 0.1) is 15.3 Å². The third kappa shape index (κ3) is 5.86. The monoisotopic (exact) mass is 611 g/mol. The average Bonchev–Trinajstić information content (AvgIpc) is 3.69. The van der Waals surface area contributed by atoms with Crippen LogP contribution in [0.4, 0.5) is 11.5 Å². The number of nitrogens with zero attached hydrogens (tertiary/aromatic N) is 8. The van der Waals surface area contributed by atoms with Crippen LogP contribution in [-0.2, 0) is 6.42 Å². The second-order valence-corrected chi connectivity index (χ2v) is 11.1. The van der Waals surface area contributed by atoms with E-state index in [1.165, 1.54) is 11.8 Å². The summed E-state index contributed by atoms with van der Waals surface area (Å²) in [6.45, 7) is 0. The van der Waals surface area contributed by atoms with E-state index in [1.54, 1.807) is 23.0 Å². The Morgan fingerprint density at radius 2 is 1.58 bits per heavy atom. The van der Waals surface area contributed by atoms with Gasteiger partial charge in [-0.15, -0.1) is 15.3 Å². The lowest BCUT2D eigenvalue weighted by Gasteiger charge is -2.21. The highest BCUT2D eigenvalue weighted by Crippen LogP contribution is 2.38. The number of aromatic nitrogens is 7. The first-order valence-corrected chi connectivity index (χ1v) is 14.9. The van der Waals surface area contributed by atoms with Gasteiger partial charge in [0.2, 0.25) is 5.16 Å². The summed E-state index contributed by atoms with van der Waals surface area (Å²) in [6.07, 6.45) is 1.60. The summed E-state index contributed by atoms with van der Waals surface area (Å²) in [7, 11) is 0. The van der Waals surface area contributed by atoms with Crippen molar-refractivity contribution >= 4 is 34.3 Å². The van der Waals surface area contributed by atoms with Crippen molar-refractivity contribution in [3.8, 4) is 5.69 Å². The maximum atomic E-state index is 12.5. The van der Waals surface area contributed by atoms with Crippen molar-refractivity contribution < 1.29 is 4.92 Å². The summed E-state index contributed by atoms with van der Waals surface area (Å²) in [5.74, 6) is 1.32. The first kappa shape index (κ1) is 27.9. The fourth-order valence-corrected chi connectivity index (χ4v) is 6.03.